The summed E-state index contributed by atoms with van der Waals surface area (Å²) in [5.41, 5.74) is 2.03. The molecule has 0 radical (unpaired) electrons. The zero-order valence-corrected chi connectivity index (χ0v) is 18.5. The molecule has 0 saturated carbocycles. The monoisotopic (exact) mass is 437 g/mol. The van der Waals surface area contributed by atoms with Crippen molar-refractivity contribution in [3.63, 3.8) is 0 Å². The van der Waals surface area contributed by atoms with Crippen molar-refractivity contribution >= 4 is 51.7 Å². The third kappa shape index (κ3) is 4.45. The maximum atomic E-state index is 12.9. The highest BCUT2D eigenvalue weighted by molar-refractivity contribution is 6.42. The smallest absolute Gasteiger partial charge is 0.243 e. The summed E-state index contributed by atoms with van der Waals surface area (Å²) < 4.78 is 1.90. The molecular weight excluding hydrogens is 417 g/mol. The Morgan fingerprint density at radius 3 is 2.39 bits per heavy atom. The van der Waals surface area contributed by atoms with E-state index in [0.29, 0.717) is 27.0 Å². The summed E-state index contributed by atoms with van der Waals surface area (Å²) in [6.07, 6.45) is 0.483. The lowest BCUT2D eigenvalue weighted by Crippen LogP contribution is -2.44. The average molecular weight is 439 g/mol. The van der Waals surface area contributed by atoms with Crippen LogP contribution in [0.1, 0.15) is 45.1 Å². The number of halogens is 3. The van der Waals surface area contributed by atoms with Crippen molar-refractivity contribution in [2.24, 2.45) is 0 Å². The normalized spacial score (nSPS) is 13.0. The van der Waals surface area contributed by atoms with Crippen molar-refractivity contribution in [2.75, 3.05) is 0 Å². The van der Waals surface area contributed by atoms with Crippen LogP contribution in [0.2, 0.25) is 15.1 Å². The predicted octanol–water partition coefficient (Wildman–Crippen LogP) is 6.06. The maximum absolute atomic E-state index is 12.9. The van der Waals surface area contributed by atoms with Crippen molar-refractivity contribution < 1.29 is 4.79 Å². The lowest BCUT2D eigenvalue weighted by Gasteiger charge is -2.25. The van der Waals surface area contributed by atoms with Crippen LogP contribution in [0.15, 0.2) is 36.4 Å². The van der Waals surface area contributed by atoms with Gasteiger partial charge in [-0.15, -0.1) is 0 Å². The number of nitrogens with one attached hydrogen (secondary N) is 1. The third-order valence-corrected chi connectivity index (χ3v) is 5.47. The summed E-state index contributed by atoms with van der Waals surface area (Å²) in [6.45, 7) is 7.70. The first-order valence-electron chi connectivity index (χ1n) is 8.98. The molecule has 1 atom stereocenters. The van der Waals surface area contributed by atoms with Gasteiger partial charge in [0.05, 0.1) is 21.1 Å². The van der Waals surface area contributed by atoms with Crippen LogP contribution in [0.5, 0.6) is 0 Å². The molecule has 1 N–H and O–H groups in total. The Bertz CT molecular complexity index is 1040. The molecule has 1 heterocycles. The van der Waals surface area contributed by atoms with Crippen molar-refractivity contribution in [2.45, 2.75) is 45.7 Å². The molecule has 1 aromatic heterocycles. The second-order valence-electron chi connectivity index (χ2n) is 7.84. The Labute approximate surface area is 179 Å². The van der Waals surface area contributed by atoms with Gasteiger partial charge in [0.2, 0.25) is 5.91 Å². The Balaban J connectivity index is 2.13. The number of rotatable bonds is 4. The fraction of sp³-hybridized carbons (Fsp3) is 0.333. The van der Waals surface area contributed by atoms with Crippen LogP contribution in [0, 0.1) is 0 Å². The fourth-order valence-electron chi connectivity index (χ4n) is 3.10. The van der Waals surface area contributed by atoms with Gasteiger partial charge in [0.1, 0.15) is 11.9 Å². The second kappa shape index (κ2) is 7.94. The van der Waals surface area contributed by atoms with Crippen LogP contribution < -0.4 is 5.32 Å². The number of nitrogens with zero attached hydrogens (tertiary/aromatic N) is 2. The minimum atomic E-state index is -0.487. The molecule has 1 unspecified atom stereocenters. The standard InChI is InChI=1S/C21H22Cl3N3O/c1-12(20(28)26-21(2,3)4)27-18-11-16(24)15(23)10-17(18)25-19(27)9-13-7-5-6-8-14(13)22/h5-8,10-12H,9H2,1-4H3,(H,26,28). The van der Waals surface area contributed by atoms with Crippen LogP contribution in [0.4, 0.5) is 0 Å². The molecular formula is C21H22Cl3N3O. The average Bonchev–Trinajstić information content (AvgIpc) is 2.92. The topological polar surface area (TPSA) is 46.9 Å². The zero-order chi connectivity index (χ0) is 20.6. The first kappa shape index (κ1) is 21.0. The van der Waals surface area contributed by atoms with E-state index in [4.69, 9.17) is 39.8 Å². The van der Waals surface area contributed by atoms with Crippen molar-refractivity contribution in [3.8, 4) is 0 Å². The number of fused-ring (bicyclic) bond motifs is 1. The van der Waals surface area contributed by atoms with E-state index in [9.17, 15) is 4.79 Å². The van der Waals surface area contributed by atoms with Gasteiger partial charge in [-0.25, -0.2) is 4.98 Å². The largest absolute Gasteiger partial charge is 0.350 e. The molecule has 4 nitrogen and oxygen atoms in total. The molecule has 0 aliphatic carbocycles. The van der Waals surface area contributed by atoms with Gasteiger partial charge in [0.15, 0.2) is 0 Å². The highest BCUT2D eigenvalue weighted by atomic mass is 35.5. The molecule has 1 amide bonds. The first-order chi connectivity index (χ1) is 13.1. The number of aromatic nitrogens is 2. The molecule has 0 bridgehead atoms. The van der Waals surface area contributed by atoms with Gasteiger partial charge in [-0.2, -0.15) is 0 Å². The van der Waals surface area contributed by atoms with Gasteiger partial charge in [0.25, 0.3) is 0 Å². The highest BCUT2D eigenvalue weighted by Crippen LogP contribution is 2.31. The Kier molecular flexibility index (Phi) is 5.95. The molecule has 0 spiro atoms. The number of carbonyl (C=O) groups is 1. The molecule has 2 aromatic carbocycles. The Morgan fingerprint density at radius 1 is 1.11 bits per heavy atom. The van der Waals surface area contributed by atoms with Gasteiger partial charge in [-0.1, -0.05) is 53.0 Å². The van der Waals surface area contributed by atoms with E-state index < -0.39 is 6.04 Å². The number of hydrogen-bond donors (Lipinski definition) is 1. The summed E-state index contributed by atoms with van der Waals surface area (Å²) in [7, 11) is 0. The van der Waals surface area contributed by atoms with Crippen LogP contribution in [-0.4, -0.2) is 21.0 Å². The summed E-state index contributed by atoms with van der Waals surface area (Å²) in [5, 5.41) is 4.53. The Hall–Kier alpha value is -1.75. The SMILES string of the molecule is CC(C(=O)NC(C)(C)C)n1c(Cc2ccccc2Cl)nc2cc(Cl)c(Cl)cc21. The van der Waals surface area contributed by atoms with Gasteiger partial charge >= 0.3 is 0 Å². The lowest BCUT2D eigenvalue weighted by molar-refractivity contribution is -0.125. The van der Waals surface area contributed by atoms with Crippen LogP contribution in [0.25, 0.3) is 11.0 Å². The second-order valence-corrected chi connectivity index (χ2v) is 9.06. The summed E-state index contributed by atoms with van der Waals surface area (Å²) in [6, 6.07) is 10.6. The van der Waals surface area contributed by atoms with Crippen molar-refractivity contribution in [1.82, 2.24) is 14.9 Å². The van der Waals surface area contributed by atoms with Crippen LogP contribution in [-0.2, 0) is 11.2 Å². The number of benzene rings is 2. The van der Waals surface area contributed by atoms with Gasteiger partial charge < -0.3 is 9.88 Å². The van der Waals surface area contributed by atoms with E-state index in [1.54, 1.807) is 12.1 Å². The molecule has 148 valence electrons. The minimum Gasteiger partial charge on any atom is -0.350 e. The minimum absolute atomic E-state index is 0.0988. The summed E-state index contributed by atoms with van der Waals surface area (Å²) in [5.74, 6) is 0.622. The maximum Gasteiger partial charge on any atom is 0.243 e. The Morgan fingerprint density at radius 2 is 1.75 bits per heavy atom. The number of imidazole rings is 1. The molecule has 0 aliphatic heterocycles. The van der Waals surface area contributed by atoms with E-state index >= 15 is 0 Å². The van der Waals surface area contributed by atoms with E-state index in [2.05, 4.69) is 5.32 Å². The molecule has 0 fully saturated rings. The molecule has 0 aliphatic rings. The van der Waals surface area contributed by atoms with E-state index in [1.165, 1.54) is 0 Å². The van der Waals surface area contributed by atoms with Crippen molar-refractivity contribution in [1.29, 1.82) is 0 Å². The van der Waals surface area contributed by atoms with Gasteiger partial charge in [-0.05, 0) is 51.5 Å². The highest BCUT2D eigenvalue weighted by Gasteiger charge is 2.25. The molecule has 0 saturated heterocycles. The number of amides is 1. The first-order valence-corrected chi connectivity index (χ1v) is 10.1. The van der Waals surface area contributed by atoms with Gasteiger partial charge in [0, 0.05) is 17.0 Å². The summed E-state index contributed by atoms with van der Waals surface area (Å²) in [4.78, 5) is 17.6. The van der Waals surface area contributed by atoms with Crippen LogP contribution in [0.3, 0.4) is 0 Å². The van der Waals surface area contributed by atoms with Crippen molar-refractivity contribution in [3.05, 3.63) is 62.9 Å². The molecule has 3 rings (SSSR count). The van der Waals surface area contributed by atoms with E-state index in [0.717, 1.165) is 16.9 Å². The lowest BCUT2D eigenvalue weighted by atomic mass is 10.1. The van der Waals surface area contributed by atoms with E-state index in [-0.39, 0.29) is 11.4 Å². The zero-order valence-electron chi connectivity index (χ0n) is 16.2. The third-order valence-electron chi connectivity index (χ3n) is 4.38. The molecule has 28 heavy (non-hydrogen) atoms. The summed E-state index contributed by atoms with van der Waals surface area (Å²) >= 11 is 18.8. The number of hydrogen-bond acceptors (Lipinski definition) is 2. The fourth-order valence-corrected chi connectivity index (χ4v) is 3.62. The van der Waals surface area contributed by atoms with Gasteiger partial charge in [-0.3, -0.25) is 4.79 Å². The van der Waals surface area contributed by atoms with E-state index in [1.807, 2.05) is 56.5 Å². The number of carbonyl (C=O) groups excluding carboxylic acids is 1. The van der Waals surface area contributed by atoms with Crippen LogP contribution >= 0.6 is 34.8 Å². The predicted molar refractivity (Wildman–Crippen MR) is 117 cm³/mol. The quantitative estimate of drug-likeness (QED) is 0.538. The molecule has 7 heteroatoms. The molecule has 3 aromatic rings.